The Morgan fingerprint density at radius 1 is 1.00 bits per heavy atom. The molecular weight excluding hydrogens is 398 g/mol. The van der Waals surface area contributed by atoms with Gasteiger partial charge in [-0.25, -0.2) is 18.5 Å². The number of nitrogens with two attached hydrogens (primary N) is 1. The SMILES string of the molecule is Br.NS(=O)(=O)c1ccc(Nc2nc(-c3ccccc3)cs2)cc1. The summed E-state index contributed by atoms with van der Waals surface area (Å²) >= 11 is 1.48. The second kappa shape index (κ2) is 7.22. The van der Waals surface area contributed by atoms with Crippen molar-refractivity contribution in [2.45, 2.75) is 4.90 Å². The van der Waals surface area contributed by atoms with Gasteiger partial charge in [-0.1, -0.05) is 30.3 Å². The van der Waals surface area contributed by atoms with Crippen LogP contribution in [0, 0.1) is 0 Å². The molecule has 0 radical (unpaired) electrons. The van der Waals surface area contributed by atoms with E-state index in [2.05, 4.69) is 10.3 Å². The van der Waals surface area contributed by atoms with Crippen molar-refractivity contribution >= 4 is 49.2 Å². The average molecular weight is 412 g/mol. The molecule has 0 spiro atoms. The standard InChI is InChI=1S/C15H13N3O2S2.BrH/c16-22(19,20)13-8-6-12(7-9-13)17-15-18-14(10-21-15)11-4-2-1-3-5-11;/h1-10H,(H,17,18)(H2,16,19,20);1H. The van der Waals surface area contributed by atoms with Gasteiger partial charge in [0.1, 0.15) is 0 Å². The van der Waals surface area contributed by atoms with Crippen molar-refractivity contribution in [3.05, 3.63) is 60.0 Å². The van der Waals surface area contributed by atoms with Gasteiger partial charge in [0.15, 0.2) is 5.13 Å². The van der Waals surface area contributed by atoms with Crippen LogP contribution in [-0.2, 0) is 10.0 Å². The van der Waals surface area contributed by atoms with Crippen LogP contribution in [0.3, 0.4) is 0 Å². The molecular formula is C15H14BrN3O2S2. The lowest BCUT2D eigenvalue weighted by Crippen LogP contribution is -2.11. The van der Waals surface area contributed by atoms with E-state index in [1.165, 1.54) is 23.5 Å². The lowest BCUT2D eigenvalue weighted by molar-refractivity contribution is 0.598. The Balaban J connectivity index is 0.00000192. The Kier molecular flexibility index (Phi) is 5.53. The summed E-state index contributed by atoms with van der Waals surface area (Å²) in [5.74, 6) is 0. The number of benzene rings is 2. The molecule has 0 aliphatic heterocycles. The van der Waals surface area contributed by atoms with Gasteiger partial charge < -0.3 is 5.32 Å². The van der Waals surface area contributed by atoms with Gasteiger partial charge in [-0.15, -0.1) is 28.3 Å². The maximum Gasteiger partial charge on any atom is 0.238 e. The Labute approximate surface area is 149 Å². The fourth-order valence-electron chi connectivity index (χ4n) is 1.92. The first-order valence-corrected chi connectivity index (χ1v) is 8.86. The zero-order chi connectivity index (χ0) is 15.6. The lowest BCUT2D eigenvalue weighted by atomic mass is 10.2. The second-order valence-corrected chi connectivity index (χ2v) is 7.02. The highest BCUT2D eigenvalue weighted by atomic mass is 79.9. The van der Waals surface area contributed by atoms with Gasteiger partial charge in [0.05, 0.1) is 10.6 Å². The summed E-state index contributed by atoms with van der Waals surface area (Å²) < 4.78 is 22.4. The molecule has 3 rings (SSSR count). The minimum atomic E-state index is -3.67. The van der Waals surface area contributed by atoms with Crippen molar-refractivity contribution in [3.63, 3.8) is 0 Å². The number of primary sulfonamides is 1. The van der Waals surface area contributed by atoms with Crippen LogP contribution in [0.1, 0.15) is 0 Å². The number of anilines is 2. The van der Waals surface area contributed by atoms with E-state index < -0.39 is 10.0 Å². The first-order chi connectivity index (χ1) is 10.5. The summed E-state index contributed by atoms with van der Waals surface area (Å²) in [7, 11) is -3.67. The van der Waals surface area contributed by atoms with Crippen molar-refractivity contribution in [2.75, 3.05) is 5.32 Å². The maximum absolute atomic E-state index is 11.2. The molecule has 3 aromatic rings. The van der Waals surface area contributed by atoms with E-state index in [1.54, 1.807) is 12.1 Å². The molecule has 0 amide bonds. The normalized spacial score (nSPS) is 10.8. The van der Waals surface area contributed by atoms with Gasteiger partial charge in [0.2, 0.25) is 10.0 Å². The molecule has 120 valence electrons. The number of nitrogens with one attached hydrogen (secondary N) is 1. The molecule has 8 heteroatoms. The number of rotatable bonds is 4. The Hall–Kier alpha value is -1.74. The van der Waals surface area contributed by atoms with Crippen LogP contribution >= 0.6 is 28.3 Å². The van der Waals surface area contributed by atoms with E-state index in [1.807, 2.05) is 35.7 Å². The molecule has 23 heavy (non-hydrogen) atoms. The van der Waals surface area contributed by atoms with E-state index in [-0.39, 0.29) is 21.9 Å². The predicted molar refractivity (Wildman–Crippen MR) is 99.0 cm³/mol. The quantitative estimate of drug-likeness (QED) is 0.683. The van der Waals surface area contributed by atoms with E-state index >= 15 is 0 Å². The fraction of sp³-hybridized carbons (Fsp3) is 0. The number of thiazole rings is 1. The smallest absolute Gasteiger partial charge is 0.238 e. The van der Waals surface area contributed by atoms with E-state index in [0.29, 0.717) is 0 Å². The molecule has 0 aliphatic rings. The van der Waals surface area contributed by atoms with Gasteiger partial charge in [0, 0.05) is 16.6 Å². The number of hydrogen-bond acceptors (Lipinski definition) is 5. The maximum atomic E-state index is 11.2. The van der Waals surface area contributed by atoms with Crippen molar-refractivity contribution in [1.29, 1.82) is 0 Å². The molecule has 0 atom stereocenters. The highest BCUT2D eigenvalue weighted by Crippen LogP contribution is 2.27. The first-order valence-electron chi connectivity index (χ1n) is 6.43. The van der Waals surface area contributed by atoms with Crippen molar-refractivity contribution in [1.82, 2.24) is 4.98 Å². The number of hydrogen-bond donors (Lipinski definition) is 2. The molecule has 0 saturated carbocycles. The van der Waals surface area contributed by atoms with Crippen molar-refractivity contribution < 1.29 is 8.42 Å². The minimum absolute atomic E-state index is 0. The molecule has 2 aromatic carbocycles. The Morgan fingerprint density at radius 3 is 2.26 bits per heavy atom. The van der Waals surface area contributed by atoms with Crippen LogP contribution in [0.15, 0.2) is 64.9 Å². The predicted octanol–water partition coefficient (Wildman–Crippen LogP) is 3.78. The topological polar surface area (TPSA) is 85.1 Å². The van der Waals surface area contributed by atoms with Gasteiger partial charge in [-0.05, 0) is 24.3 Å². The minimum Gasteiger partial charge on any atom is -0.332 e. The Bertz CT molecular complexity index is 879. The largest absolute Gasteiger partial charge is 0.332 e. The molecule has 0 aliphatic carbocycles. The van der Waals surface area contributed by atoms with Gasteiger partial charge >= 0.3 is 0 Å². The van der Waals surface area contributed by atoms with Crippen LogP contribution in [0.4, 0.5) is 10.8 Å². The van der Waals surface area contributed by atoms with Crippen LogP contribution in [0.2, 0.25) is 0 Å². The van der Waals surface area contributed by atoms with Crippen LogP contribution in [0.5, 0.6) is 0 Å². The fourth-order valence-corrected chi connectivity index (χ4v) is 3.18. The Morgan fingerprint density at radius 2 is 1.65 bits per heavy atom. The molecule has 1 heterocycles. The molecule has 0 bridgehead atoms. The molecule has 0 fully saturated rings. The summed E-state index contributed by atoms with van der Waals surface area (Å²) in [5, 5.41) is 10.9. The summed E-state index contributed by atoms with van der Waals surface area (Å²) in [4.78, 5) is 4.60. The van der Waals surface area contributed by atoms with E-state index in [0.717, 1.165) is 22.1 Å². The van der Waals surface area contributed by atoms with Gasteiger partial charge in [0.25, 0.3) is 0 Å². The number of aromatic nitrogens is 1. The van der Waals surface area contributed by atoms with Crippen molar-refractivity contribution in [3.8, 4) is 11.3 Å². The zero-order valence-corrected chi connectivity index (χ0v) is 15.2. The second-order valence-electron chi connectivity index (χ2n) is 4.60. The lowest BCUT2D eigenvalue weighted by Gasteiger charge is -2.03. The third kappa shape index (κ3) is 4.38. The van der Waals surface area contributed by atoms with Gasteiger partial charge in [-0.2, -0.15) is 0 Å². The van der Waals surface area contributed by atoms with Gasteiger partial charge in [-0.3, -0.25) is 0 Å². The van der Waals surface area contributed by atoms with Crippen LogP contribution < -0.4 is 10.5 Å². The molecule has 0 saturated heterocycles. The van der Waals surface area contributed by atoms with E-state index in [9.17, 15) is 8.42 Å². The van der Waals surface area contributed by atoms with Crippen LogP contribution in [-0.4, -0.2) is 13.4 Å². The average Bonchev–Trinajstić information content (AvgIpc) is 2.96. The highest BCUT2D eigenvalue weighted by molar-refractivity contribution is 8.93. The molecule has 5 nitrogen and oxygen atoms in total. The molecule has 1 aromatic heterocycles. The number of nitrogens with zero attached hydrogens (tertiary/aromatic N) is 1. The summed E-state index contributed by atoms with van der Waals surface area (Å²) in [5.41, 5.74) is 2.70. The third-order valence-electron chi connectivity index (χ3n) is 3.01. The highest BCUT2D eigenvalue weighted by Gasteiger charge is 2.08. The van der Waals surface area contributed by atoms with E-state index in [4.69, 9.17) is 5.14 Å². The summed E-state index contributed by atoms with van der Waals surface area (Å²) in [6, 6.07) is 16.1. The third-order valence-corrected chi connectivity index (χ3v) is 4.69. The molecule has 0 unspecified atom stereocenters. The van der Waals surface area contributed by atoms with Crippen molar-refractivity contribution in [2.24, 2.45) is 5.14 Å². The number of halogens is 1. The monoisotopic (exact) mass is 411 g/mol. The first kappa shape index (κ1) is 17.6. The zero-order valence-electron chi connectivity index (χ0n) is 11.8. The number of sulfonamides is 1. The molecule has 3 N–H and O–H groups in total. The summed E-state index contributed by atoms with van der Waals surface area (Å²) in [6.45, 7) is 0. The van der Waals surface area contributed by atoms with Crippen LogP contribution in [0.25, 0.3) is 11.3 Å². The summed E-state index contributed by atoms with van der Waals surface area (Å²) in [6.07, 6.45) is 0.